The molecule has 2 aromatic carbocycles. The Morgan fingerprint density at radius 3 is 2.48 bits per heavy atom. The second kappa shape index (κ2) is 9.58. The van der Waals surface area contributed by atoms with E-state index in [4.69, 9.17) is 9.47 Å². The van der Waals surface area contributed by atoms with E-state index < -0.39 is 40.1 Å². The van der Waals surface area contributed by atoms with Gasteiger partial charge in [0.25, 0.3) is 0 Å². The number of fused-ring (bicyclic) bond motifs is 1. The van der Waals surface area contributed by atoms with Gasteiger partial charge in [0.2, 0.25) is 11.8 Å². The van der Waals surface area contributed by atoms with Crippen molar-refractivity contribution < 1.29 is 28.1 Å². The summed E-state index contributed by atoms with van der Waals surface area (Å²) < 4.78 is 23.2. The zero-order chi connectivity index (χ0) is 23.5. The number of amides is 2. The summed E-state index contributed by atoms with van der Waals surface area (Å²) in [4.78, 5) is 39.3. The number of hydrogen-bond acceptors (Lipinski definition) is 6. The molecule has 9 heteroatoms. The van der Waals surface area contributed by atoms with E-state index in [0.717, 1.165) is 11.1 Å². The van der Waals surface area contributed by atoms with Crippen LogP contribution in [0.15, 0.2) is 66.7 Å². The van der Waals surface area contributed by atoms with Crippen LogP contribution in [-0.4, -0.2) is 57.2 Å². The highest BCUT2D eigenvalue weighted by Gasteiger charge is 2.59. The molecule has 4 rings (SSSR count). The van der Waals surface area contributed by atoms with Crippen molar-refractivity contribution in [2.24, 2.45) is 0 Å². The van der Waals surface area contributed by atoms with Gasteiger partial charge in [0.15, 0.2) is 6.04 Å². The first-order valence-corrected chi connectivity index (χ1v) is 11.8. The summed E-state index contributed by atoms with van der Waals surface area (Å²) in [6.07, 6.45) is 0.101. The average Bonchev–Trinajstić information content (AvgIpc) is 2.81. The number of nitrogens with zero attached hydrogens (tertiary/aromatic N) is 1. The molecule has 2 amide bonds. The largest absolute Gasteiger partial charge is 0.497 e. The maximum absolute atomic E-state index is 12.8. The van der Waals surface area contributed by atoms with E-state index >= 15 is 0 Å². The molecule has 0 unspecified atom stereocenters. The molecular weight excluding hydrogens is 444 g/mol. The number of carbonyl (C=O) groups is 3. The summed E-state index contributed by atoms with van der Waals surface area (Å²) >= 11 is 0. The Hall–Kier alpha value is -3.46. The highest BCUT2D eigenvalue weighted by Crippen LogP contribution is 2.35. The molecule has 8 nitrogen and oxygen atoms in total. The van der Waals surface area contributed by atoms with Crippen LogP contribution in [0.1, 0.15) is 11.1 Å². The quantitative estimate of drug-likeness (QED) is 0.374. The topological polar surface area (TPSA) is 102 Å². The maximum Gasteiger partial charge on any atom is 0.333 e. The predicted molar refractivity (Wildman–Crippen MR) is 121 cm³/mol. The van der Waals surface area contributed by atoms with Crippen LogP contribution in [0.2, 0.25) is 0 Å². The van der Waals surface area contributed by atoms with Crippen LogP contribution in [0.25, 0.3) is 0 Å². The number of nitrogens with one attached hydrogen (secondary N) is 1. The Morgan fingerprint density at radius 1 is 1.12 bits per heavy atom. The zero-order valence-electron chi connectivity index (χ0n) is 18.1. The zero-order valence-corrected chi connectivity index (χ0v) is 18.9. The minimum atomic E-state index is -1.48. The lowest BCUT2D eigenvalue weighted by Gasteiger charge is -2.52. The lowest BCUT2D eigenvalue weighted by atomic mass is 9.98. The third-order valence-corrected chi connectivity index (χ3v) is 7.32. The Balaban J connectivity index is 1.40. The fraction of sp³-hybridized carbons (Fsp3) is 0.292. The van der Waals surface area contributed by atoms with Gasteiger partial charge < -0.3 is 19.7 Å². The van der Waals surface area contributed by atoms with E-state index in [0.29, 0.717) is 11.3 Å². The number of benzene rings is 2. The molecule has 0 bridgehead atoms. The Kier molecular flexibility index (Phi) is 6.60. The molecule has 2 heterocycles. The van der Waals surface area contributed by atoms with Crippen LogP contribution in [0.5, 0.6) is 5.75 Å². The second-order valence-electron chi connectivity index (χ2n) is 7.89. The second-order valence-corrected chi connectivity index (χ2v) is 9.42. The standard InChI is InChI=1S/C24H24N2O6S/c1-15-14-33(30)23-20(25-19(27)12-16-6-4-3-5-7-16)22(28)26(23)21(15)24(29)32-13-17-8-10-18(31-2)11-9-17/h3-11,20-21,23H,1,12-14H2,2H3,(H,25,27)/t20-,21-,23-,33+/m1/s1. The summed E-state index contributed by atoms with van der Waals surface area (Å²) in [5.74, 6) is -0.717. The minimum Gasteiger partial charge on any atom is -0.497 e. The molecule has 2 saturated heterocycles. The molecule has 4 atom stereocenters. The average molecular weight is 469 g/mol. The van der Waals surface area contributed by atoms with Gasteiger partial charge in [-0.3, -0.25) is 13.8 Å². The summed E-state index contributed by atoms with van der Waals surface area (Å²) in [6, 6.07) is 14.2. The van der Waals surface area contributed by atoms with E-state index in [1.807, 2.05) is 30.3 Å². The van der Waals surface area contributed by atoms with Gasteiger partial charge in [-0.15, -0.1) is 0 Å². The SMILES string of the molecule is C=C1C[S@](=O)[C@@H]2[C@H](NC(=O)Cc3ccccc3)C(=O)N2[C@H]1C(=O)OCc1ccc(OC)cc1. The van der Waals surface area contributed by atoms with Gasteiger partial charge >= 0.3 is 5.97 Å². The smallest absolute Gasteiger partial charge is 0.333 e. The van der Waals surface area contributed by atoms with Crippen LogP contribution in [0, 0.1) is 0 Å². The van der Waals surface area contributed by atoms with Gasteiger partial charge in [0.1, 0.15) is 23.8 Å². The molecule has 172 valence electrons. The van der Waals surface area contributed by atoms with Crippen molar-refractivity contribution in [1.82, 2.24) is 10.2 Å². The van der Waals surface area contributed by atoms with Gasteiger partial charge in [-0.1, -0.05) is 49.0 Å². The number of β-lactam (4-membered cyclic amide) rings is 1. The Bertz CT molecular complexity index is 1100. The first-order chi connectivity index (χ1) is 15.9. The van der Waals surface area contributed by atoms with Gasteiger partial charge in [-0.2, -0.15) is 0 Å². The summed E-state index contributed by atoms with van der Waals surface area (Å²) in [6.45, 7) is 3.86. The van der Waals surface area contributed by atoms with E-state index in [2.05, 4.69) is 11.9 Å². The monoisotopic (exact) mass is 468 g/mol. The Labute approximate surface area is 194 Å². The van der Waals surface area contributed by atoms with E-state index in [-0.39, 0.29) is 24.7 Å². The van der Waals surface area contributed by atoms with Crippen molar-refractivity contribution in [3.63, 3.8) is 0 Å². The molecule has 33 heavy (non-hydrogen) atoms. The normalized spacial score (nSPS) is 23.8. The van der Waals surface area contributed by atoms with Gasteiger partial charge in [-0.05, 0) is 28.8 Å². The predicted octanol–water partition coefficient (Wildman–Crippen LogP) is 1.32. The number of ether oxygens (including phenoxy) is 2. The molecule has 2 aliphatic heterocycles. The van der Waals surface area contributed by atoms with Crippen molar-refractivity contribution in [3.05, 3.63) is 77.9 Å². The van der Waals surface area contributed by atoms with Gasteiger partial charge in [0.05, 0.1) is 24.3 Å². The molecule has 0 saturated carbocycles. The van der Waals surface area contributed by atoms with Crippen molar-refractivity contribution in [1.29, 1.82) is 0 Å². The fourth-order valence-corrected chi connectivity index (χ4v) is 5.62. The molecule has 0 aliphatic carbocycles. The number of hydrogen-bond donors (Lipinski definition) is 1. The number of carbonyl (C=O) groups excluding carboxylic acids is 3. The summed E-state index contributed by atoms with van der Waals surface area (Å²) in [5.41, 5.74) is 1.91. The van der Waals surface area contributed by atoms with Crippen LogP contribution in [0.4, 0.5) is 0 Å². The third-order valence-electron chi connectivity index (χ3n) is 5.63. The number of rotatable bonds is 7. The molecule has 0 aromatic heterocycles. The van der Waals surface area contributed by atoms with Gasteiger partial charge in [-0.25, -0.2) is 4.79 Å². The molecule has 2 aromatic rings. The van der Waals surface area contributed by atoms with Crippen LogP contribution < -0.4 is 10.1 Å². The van der Waals surface area contributed by atoms with Crippen LogP contribution in [-0.2, 0) is 42.9 Å². The summed E-state index contributed by atoms with van der Waals surface area (Å²) in [5, 5.41) is 1.88. The lowest BCUT2D eigenvalue weighted by Crippen LogP contribution is -2.77. The van der Waals surface area contributed by atoms with Crippen molar-refractivity contribution in [2.45, 2.75) is 30.5 Å². The number of esters is 1. The third kappa shape index (κ3) is 4.68. The first-order valence-electron chi connectivity index (χ1n) is 10.4. The van der Waals surface area contributed by atoms with Gasteiger partial charge in [0, 0.05) is 5.75 Å². The van der Waals surface area contributed by atoms with E-state index in [1.165, 1.54) is 4.90 Å². The van der Waals surface area contributed by atoms with Crippen LogP contribution >= 0.6 is 0 Å². The molecule has 2 fully saturated rings. The molecule has 2 aliphatic rings. The van der Waals surface area contributed by atoms with E-state index in [9.17, 15) is 18.6 Å². The highest BCUT2D eigenvalue weighted by atomic mass is 32.2. The highest BCUT2D eigenvalue weighted by molar-refractivity contribution is 7.86. The van der Waals surface area contributed by atoms with Crippen molar-refractivity contribution >= 4 is 28.6 Å². The number of methoxy groups -OCH3 is 1. The molecule has 1 N–H and O–H groups in total. The summed E-state index contributed by atoms with van der Waals surface area (Å²) in [7, 11) is 0.0773. The molecule has 0 radical (unpaired) electrons. The minimum absolute atomic E-state index is 0.0135. The maximum atomic E-state index is 12.8. The van der Waals surface area contributed by atoms with Crippen LogP contribution in [0.3, 0.4) is 0 Å². The van der Waals surface area contributed by atoms with E-state index in [1.54, 1.807) is 31.4 Å². The molecular formula is C24H24N2O6S. The fourth-order valence-electron chi connectivity index (χ4n) is 3.96. The first kappa shape index (κ1) is 22.7. The lowest BCUT2D eigenvalue weighted by molar-refractivity contribution is -0.164. The van der Waals surface area contributed by atoms with Crippen molar-refractivity contribution in [2.75, 3.05) is 12.9 Å². The van der Waals surface area contributed by atoms with Crippen molar-refractivity contribution in [3.8, 4) is 5.75 Å². The Morgan fingerprint density at radius 2 is 1.82 bits per heavy atom. The molecule has 0 spiro atoms.